The number of aromatic nitrogens is 2. The maximum absolute atomic E-state index is 13.6. The zero-order valence-electron chi connectivity index (χ0n) is 22.2. The number of aliphatic hydroxyl groups is 1. The Kier molecular flexibility index (Phi) is 8.23. The molecule has 6 rings (SSSR count). The molecule has 2 aliphatic rings. The van der Waals surface area contributed by atoms with E-state index >= 15 is 0 Å². The standard InChI is InChI=1S/C29H21BrClN3O7S2/c1-39-21-12-16(10-18(30)25(21)36)23-22(24(35)15-4-7-19-20(11-15)41-9-8-40-19)26(37)27(38)34(23)28-32-33-29(43-28)42-13-14-2-5-17(31)6-3-14/h2-7,10-12,23,35-36H,8-9,13H2,1H3/b24-22+. The number of ketones is 1. The van der Waals surface area contributed by atoms with Gasteiger partial charge in [0.2, 0.25) is 5.13 Å². The van der Waals surface area contributed by atoms with Crippen LogP contribution in [0.25, 0.3) is 5.76 Å². The van der Waals surface area contributed by atoms with Crippen molar-refractivity contribution in [3.8, 4) is 23.0 Å². The van der Waals surface area contributed by atoms with E-state index in [1.165, 1.54) is 29.8 Å². The lowest BCUT2D eigenvalue weighted by Crippen LogP contribution is -2.29. The Balaban J connectivity index is 1.43. The van der Waals surface area contributed by atoms with Gasteiger partial charge in [-0.25, -0.2) is 0 Å². The number of nitrogens with zero attached hydrogens (tertiary/aromatic N) is 3. The number of aliphatic hydroxyl groups excluding tert-OH is 1. The van der Waals surface area contributed by atoms with Crippen molar-refractivity contribution in [2.75, 3.05) is 25.2 Å². The SMILES string of the molecule is COc1cc(C2/C(=C(\O)c3ccc4c(c3)OCCO4)C(=O)C(=O)N2c2nnc(SCc3ccc(Cl)cc3)s2)cc(Br)c1O. The summed E-state index contributed by atoms with van der Waals surface area (Å²) in [6.07, 6.45) is 0. The van der Waals surface area contributed by atoms with Crippen LogP contribution in [0.1, 0.15) is 22.7 Å². The molecule has 2 N–H and O–H groups in total. The van der Waals surface area contributed by atoms with E-state index in [1.54, 1.807) is 36.4 Å². The zero-order valence-corrected chi connectivity index (χ0v) is 26.2. The van der Waals surface area contributed by atoms with Crippen LogP contribution < -0.4 is 19.1 Å². The number of Topliss-reactive ketones (excluding diaryl/α,β-unsaturated/α-hetero) is 1. The van der Waals surface area contributed by atoms with E-state index in [4.69, 9.17) is 25.8 Å². The van der Waals surface area contributed by atoms with Crippen LogP contribution >= 0.6 is 50.6 Å². The van der Waals surface area contributed by atoms with Gasteiger partial charge >= 0.3 is 5.91 Å². The number of aromatic hydroxyl groups is 1. The number of phenolic OH excluding ortho intramolecular Hbond substituents is 1. The van der Waals surface area contributed by atoms with E-state index in [9.17, 15) is 19.8 Å². The summed E-state index contributed by atoms with van der Waals surface area (Å²) in [5.41, 5.74) is 1.48. The first-order chi connectivity index (χ1) is 20.7. The molecule has 14 heteroatoms. The molecular formula is C29H21BrClN3O7S2. The Bertz CT molecular complexity index is 1780. The lowest BCUT2D eigenvalue weighted by molar-refractivity contribution is -0.132. The molecule has 1 atom stereocenters. The van der Waals surface area contributed by atoms with E-state index < -0.39 is 23.5 Å². The molecule has 0 radical (unpaired) electrons. The third-order valence-electron chi connectivity index (χ3n) is 6.72. The van der Waals surface area contributed by atoms with Crippen molar-refractivity contribution in [3.05, 3.63) is 86.4 Å². The molecular weight excluding hydrogens is 682 g/mol. The van der Waals surface area contributed by atoms with Gasteiger partial charge in [0.05, 0.1) is 23.2 Å². The molecule has 1 unspecified atom stereocenters. The van der Waals surface area contributed by atoms with Gasteiger partial charge in [0, 0.05) is 16.3 Å². The summed E-state index contributed by atoms with van der Waals surface area (Å²) in [6.45, 7) is 0.723. The number of rotatable bonds is 7. The van der Waals surface area contributed by atoms with Gasteiger partial charge in [0.1, 0.15) is 19.0 Å². The van der Waals surface area contributed by atoms with Crippen molar-refractivity contribution in [1.29, 1.82) is 0 Å². The number of methoxy groups -OCH3 is 1. The molecule has 2 aliphatic heterocycles. The average Bonchev–Trinajstić information content (AvgIpc) is 3.59. The van der Waals surface area contributed by atoms with Crippen LogP contribution in [0, 0.1) is 0 Å². The number of thioether (sulfide) groups is 1. The Morgan fingerprint density at radius 1 is 1.12 bits per heavy atom. The first kappa shape index (κ1) is 29.3. The molecule has 0 saturated carbocycles. The van der Waals surface area contributed by atoms with E-state index in [0.29, 0.717) is 45.4 Å². The number of phenols is 1. The van der Waals surface area contributed by atoms with Gasteiger partial charge in [-0.15, -0.1) is 10.2 Å². The number of carbonyl (C=O) groups excluding carboxylic acids is 2. The molecule has 1 aromatic heterocycles. The minimum absolute atomic E-state index is 0.103. The first-order valence-electron chi connectivity index (χ1n) is 12.7. The van der Waals surface area contributed by atoms with Gasteiger partial charge in [-0.05, 0) is 69.5 Å². The smallest absolute Gasteiger partial charge is 0.301 e. The van der Waals surface area contributed by atoms with Crippen molar-refractivity contribution in [2.24, 2.45) is 0 Å². The molecule has 1 fully saturated rings. The van der Waals surface area contributed by atoms with Crippen molar-refractivity contribution in [2.45, 2.75) is 16.1 Å². The molecule has 3 heterocycles. The van der Waals surface area contributed by atoms with Crippen LogP contribution in [0.15, 0.2) is 69.0 Å². The normalized spacial score (nSPS) is 17.4. The average molecular weight is 703 g/mol. The number of ether oxygens (including phenoxy) is 3. The summed E-state index contributed by atoms with van der Waals surface area (Å²) in [4.78, 5) is 28.4. The summed E-state index contributed by atoms with van der Waals surface area (Å²) in [7, 11) is 1.38. The second-order valence-corrected chi connectivity index (χ2v) is 12.8. The molecule has 4 aromatic rings. The summed E-state index contributed by atoms with van der Waals surface area (Å²) < 4.78 is 17.4. The van der Waals surface area contributed by atoms with Gasteiger partial charge in [0.15, 0.2) is 27.3 Å². The summed E-state index contributed by atoms with van der Waals surface area (Å²) in [5, 5.41) is 31.3. The summed E-state index contributed by atoms with van der Waals surface area (Å²) in [6, 6.07) is 14.1. The Labute approximate surface area is 267 Å². The van der Waals surface area contributed by atoms with E-state index in [1.807, 2.05) is 12.1 Å². The van der Waals surface area contributed by atoms with Gasteiger partial charge in [0.25, 0.3) is 5.78 Å². The molecule has 1 amide bonds. The second-order valence-electron chi connectivity index (χ2n) is 9.35. The lowest BCUT2D eigenvalue weighted by Gasteiger charge is -2.24. The number of benzene rings is 3. The van der Waals surface area contributed by atoms with Gasteiger partial charge in [-0.1, -0.05) is 46.8 Å². The minimum atomic E-state index is -1.12. The highest BCUT2D eigenvalue weighted by atomic mass is 79.9. The fourth-order valence-electron chi connectivity index (χ4n) is 4.68. The largest absolute Gasteiger partial charge is 0.507 e. The molecule has 10 nitrogen and oxygen atoms in total. The van der Waals surface area contributed by atoms with Gasteiger partial charge in [-0.2, -0.15) is 0 Å². The Hall–Kier alpha value is -3.78. The first-order valence-corrected chi connectivity index (χ1v) is 15.7. The van der Waals surface area contributed by atoms with E-state index in [-0.39, 0.29) is 32.2 Å². The maximum atomic E-state index is 13.6. The molecule has 0 spiro atoms. The minimum Gasteiger partial charge on any atom is -0.507 e. The molecule has 0 bridgehead atoms. The zero-order chi connectivity index (χ0) is 30.2. The summed E-state index contributed by atoms with van der Waals surface area (Å²) >= 11 is 11.9. The Morgan fingerprint density at radius 2 is 1.86 bits per heavy atom. The lowest BCUT2D eigenvalue weighted by atomic mass is 9.95. The van der Waals surface area contributed by atoms with Crippen LogP contribution in [-0.2, 0) is 15.3 Å². The van der Waals surface area contributed by atoms with E-state index in [0.717, 1.165) is 16.9 Å². The number of hydrogen-bond acceptors (Lipinski definition) is 11. The number of carbonyl (C=O) groups is 2. The predicted octanol–water partition coefficient (Wildman–Crippen LogP) is 6.36. The molecule has 1 saturated heterocycles. The van der Waals surface area contributed by atoms with Crippen LogP contribution in [0.2, 0.25) is 5.02 Å². The number of halogens is 2. The van der Waals surface area contributed by atoms with Gasteiger partial charge < -0.3 is 24.4 Å². The van der Waals surface area contributed by atoms with Crippen molar-refractivity contribution < 1.29 is 34.0 Å². The van der Waals surface area contributed by atoms with Crippen molar-refractivity contribution >= 4 is 73.2 Å². The highest BCUT2D eigenvalue weighted by molar-refractivity contribution is 9.10. The topological polar surface area (TPSA) is 131 Å². The van der Waals surface area contributed by atoms with Crippen LogP contribution in [0.4, 0.5) is 5.13 Å². The fourth-order valence-corrected chi connectivity index (χ4v) is 7.09. The highest BCUT2D eigenvalue weighted by Gasteiger charge is 2.49. The molecule has 0 aliphatic carbocycles. The van der Waals surface area contributed by atoms with E-state index in [2.05, 4.69) is 26.1 Å². The highest BCUT2D eigenvalue weighted by Crippen LogP contribution is 2.47. The van der Waals surface area contributed by atoms with Crippen LogP contribution in [0.3, 0.4) is 0 Å². The summed E-state index contributed by atoms with van der Waals surface area (Å²) in [5.74, 6) is -0.777. The fraction of sp³-hybridized carbons (Fsp3) is 0.172. The maximum Gasteiger partial charge on any atom is 0.301 e. The quantitative estimate of drug-likeness (QED) is 0.0738. The van der Waals surface area contributed by atoms with Crippen LogP contribution in [-0.4, -0.2) is 52.4 Å². The van der Waals surface area contributed by atoms with Crippen molar-refractivity contribution in [3.63, 3.8) is 0 Å². The number of fused-ring (bicyclic) bond motifs is 1. The van der Waals surface area contributed by atoms with Gasteiger partial charge in [-0.3, -0.25) is 14.5 Å². The second kappa shape index (κ2) is 12.1. The van der Waals surface area contributed by atoms with Crippen LogP contribution in [0.5, 0.6) is 23.0 Å². The predicted molar refractivity (Wildman–Crippen MR) is 165 cm³/mol. The molecule has 3 aromatic carbocycles. The number of amides is 1. The third-order valence-corrected chi connectivity index (χ3v) is 9.71. The monoisotopic (exact) mass is 701 g/mol. The number of anilines is 1. The number of hydrogen-bond donors (Lipinski definition) is 2. The Morgan fingerprint density at radius 3 is 2.60 bits per heavy atom. The molecule has 43 heavy (non-hydrogen) atoms. The third kappa shape index (κ3) is 5.65. The van der Waals surface area contributed by atoms with Crippen molar-refractivity contribution in [1.82, 2.24) is 10.2 Å². The molecule has 220 valence electrons.